The SMILES string of the molecule is CCSc1ccc([C@@H](C)NC(=O)NC(C(N)=O)C(N)=O)cc1. The van der Waals surface area contributed by atoms with Crippen molar-refractivity contribution in [1.29, 1.82) is 0 Å². The van der Waals surface area contributed by atoms with Crippen LogP contribution in [0.25, 0.3) is 0 Å². The molecular formula is C14H20N4O3S. The smallest absolute Gasteiger partial charge is 0.316 e. The predicted molar refractivity (Wildman–Crippen MR) is 85.1 cm³/mol. The van der Waals surface area contributed by atoms with Gasteiger partial charge in [-0.3, -0.25) is 9.59 Å². The zero-order valence-electron chi connectivity index (χ0n) is 12.5. The van der Waals surface area contributed by atoms with E-state index < -0.39 is 23.9 Å². The molecule has 1 aromatic rings. The summed E-state index contributed by atoms with van der Waals surface area (Å²) in [4.78, 5) is 34.9. The van der Waals surface area contributed by atoms with E-state index in [0.717, 1.165) is 16.2 Å². The summed E-state index contributed by atoms with van der Waals surface area (Å²) < 4.78 is 0. The van der Waals surface area contributed by atoms with E-state index in [-0.39, 0.29) is 6.04 Å². The molecule has 0 radical (unpaired) electrons. The minimum absolute atomic E-state index is 0.304. The van der Waals surface area contributed by atoms with Gasteiger partial charge >= 0.3 is 6.03 Å². The number of amides is 4. The summed E-state index contributed by atoms with van der Waals surface area (Å²) in [6, 6.07) is 5.22. The number of thioether (sulfide) groups is 1. The highest BCUT2D eigenvalue weighted by Crippen LogP contribution is 2.20. The second kappa shape index (κ2) is 8.28. The summed E-state index contributed by atoms with van der Waals surface area (Å²) in [6.07, 6.45) is 0. The minimum Gasteiger partial charge on any atom is -0.367 e. The lowest BCUT2D eigenvalue weighted by Gasteiger charge is -2.17. The molecule has 6 N–H and O–H groups in total. The Kier molecular flexibility index (Phi) is 6.71. The van der Waals surface area contributed by atoms with E-state index in [2.05, 4.69) is 17.6 Å². The summed E-state index contributed by atoms with van der Waals surface area (Å²) in [5.74, 6) is -1.02. The number of urea groups is 1. The first-order valence-corrected chi connectivity index (χ1v) is 7.72. The van der Waals surface area contributed by atoms with Gasteiger partial charge in [0.2, 0.25) is 11.8 Å². The summed E-state index contributed by atoms with van der Waals surface area (Å²) in [6.45, 7) is 3.85. The monoisotopic (exact) mass is 324 g/mol. The lowest BCUT2D eigenvalue weighted by Crippen LogP contribution is -2.55. The van der Waals surface area contributed by atoms with Crippen LogP contribution in [-0.2, 0) is 9.59 Å². The van der Waals surface area contributed by atoms with Gasteiger partial charge in [-0.2, -0.15) is 0 Å². The van der Waals surface area contributed by atoms with Gasteiger partial charge in [0.15, 0.2) is 6.04 Å². The fourth-order valence-corrected chi connectivity index (χ4v) is 2.42. The number of hydrogen-bond donors (Lipinski definition) is 4. The van der Waals surface area contributed by atoms with Crippen LogP contribution < -0.4 is 22.1 Å². The molecule has 8 heteroatoms. The number of primary amides is 2. The maximum Gasteiger partial charge on any atom is 0.316 e. The van der Waals surface area contributed by atoms with Gasteiger partial charge in [0, 0.05) is 4.90 Å². The van der Waals surface area contributed by atoms with Crippen LogP contribution in [0.3, 0.4) is 0 Å². The average Bonchev–Trinajstić information content (AvgIpc) is 2.45. The molecule has 0 unspecified atom stereocenters. The fraction of sp³-hybridized carbons (Fsp3) is 0.357. The Labute approximate surface area is 133 Å². The first-order valence-electron chi connectivity index (χ1n) is 6.73. The van der Waals surface area contributed by atoms with Crippen LogP contribution in [0.2, 0.25) is 0 Å². The van der Waals surface area contributed by atoms with Gasteiger partial charge in [-0.25, -0.2) is 4.79 Å². The van der Waals surface area contributed by atoms with Crippen molar-refractivity contribution in [3.8, 4) is 0 Å². The first-order chi connectivity index (χ1) is 10.3. The highest BCUT2D eigenvalue weighted by molar-refractivity contribution is 7.99. The number of benzene rings is 1. The molecule has 1 atom stereocenters. The molecule has 120 valence electrons. The highest BCUT2D eigenvalue weighted by Gasteiger charge is 2.24. The number of hydrogen-bond acceptors (Lipinski definition) is 4. The molecule has 0 aliphatic rings. The van der Waals surface area contributed by atoms with Crippen molar-refractivity contribution in [1.82, 2.24) is 10.6 Å². The van der Waals surface area contributed by atoms with Crippen molar-refractivity contribution in [2.24, 2.45) is 11.5 Å². The molecule has 0 aromatic heterocycles. The predicted octanol–water partition coefficient (Wildman–Crippen LogP) is 0.498. The molecule has 0 aliphatic heterocycles. The number of rotatable bonds is 7. The van der Waals surface area contributed by atoms with Crippen LogP contribution >= 0.6 is 11.8 Å². The second-order valence-electron chi connectivity index (χ2n) is 4.58. The maximum absolute atomic E-state index is 11.8. The molecule has 7 nitrogen and oxygen atoms in total. The van der Waals surface area contributed by atoms with E-state index in [1.807, 2.05) is 24.3 Å². The normalized spacial score (nSPS) is 11.8. The van der Waals surface area contributed by atoms with Gasteiger partial charge in [0.1, 0.15) is 0 Å². The van der Waals surface area contributed by atoms with E-state index >= 15 is 0 Å². The maximum atomic E-state index is 11.8. The lowest BCUT2D eigenvalue weighted by atomic mass is 10.1. The van der Waals surface area contributed by atoms with Gasteiger partial charge in [-0.15, -0.1) is 11.8 Å². The summed E-state index contributed by atoms with van der Waals surface area (Å²) >= 11 is 1.72. The molecule has 0 bridgehead atoms. The third-order valence-electron chi connectivity index (χ3n) is 2.88. The van der Waals surface area contributed by atoms with Crippen molar-refractivity contribution in [2.75, 3.05) is 5.75 Å². The lowest BCUT2D eigenvalue weighted by molar-refractivity contribution is -0.128. The van der Waals surface area contributed by atoms with Crippen molar-refractivity contribution >= 4 is 29.6 Å². The summed E-state index contributed by atoms with van der Waals surface area (Å²) in [5.41, 5.74) is 10.9. The number of carbonyl (C=O) groups is 3. The molecule has 0 heterocycles. The third-order valence-corrected chi connectivity index (χ3v) is 3.78. The van der Waals surface area contributed by atoms with Gasteiger partial charge in [-0.05, 0) is 30.4 Å². The van der Waals surface area contributed by atoms with Crippen LogP contribution in [0, 0.1) is 0 Å². The first kappa shape index (κ1) is 17.8. The molecule has 0 saturated heterocycles. The summed E-state index contributed by atoms with van der Waals surface area (Å²) in [5, 5.41) is 4.76. The van der Waals surface area contributed by atoms with E-state index in [4.69, 9.17) is 11.5 Å². The Balaban J connectivity index is 2.63. The largest absolute Gasteiger partial charge is 0.367 e. The van der Waals surface area contributed by atoms with Crippen LogP contribution in [-0.4, -0.2) is 29.6 Å². The molecular weight excluding hydrogens is 304 g/mol. The average molecular weight is 324 g/mol. The van der Waals surface area contributed by atoms with Gasteiger partial charge < -0.3 is 22.1 Å². The van der Waals surface area contributed by atoms with E-state index in [1.54, 1.807) is 18.7 Å². The quantitative estimate of drug-likeness (QED) is 0.430. The van der Waals surface area contributed by atoms with Crippen LogP contribution in [0.1, 0.15) is 25.5 Å². The zero-order valence-corrected chi connectivity index (χ0v) is 13.3. The molecule has 0 fully saturated rings. The molecule has 0 aliphatic carbocycles. The van der Waals surface area contributed by atoms with Crippen LogP contribution in [0.4, 0.5) is 4.79 Å². The Morgan fingerprint density at radius 2 is 1.64 bits per heavy atom. The van der Waals surface area contributed by atoms with Gasteiger partial charge in [-0.1, -0.05) is 19.1 Å². The molecule has 4 amide bonds. The number of nitrogens with one attached hydrogen (secondary N) is 2. The van der Waals surface area contributed by atoms with E-state index in [9.17, 15) is 14.4 Å². The van der Waals surface area contributed by atoms with Crippen molar-refractivity contribution in [3.05, 3.63) is 29.8 Å². The van der Waals surface area contributed by atoms with Crippen molar-refractivity contribution in [2.45, 2.75) is 30.8 Å². The Hall–Kier alpha value is -2.22. The van der Waals surface area contributed by atoms with Crippen LogP contribution in [0.15, 0.2) is 29.2 Å². The highest BCUT2D eigenvalue weighted by atomic mass is 32.2. The number of carbonyl (C=O) groups excluding carboxylic acids is 3. The minimum atomic E-state index is -1.53. The molecule has 1 aromatic carbocycles. The summed E-state index contributed by atoms with van der Waals surface area (Å²) in [7, 11) is 0. The van der Waals surface area contributed by atoms with Gasteiger partial charge in [0.05, 0.1) is 6.04 Å². The molecule has 22 heavy (non-hydrogen) atoms. The Morgan fingerprint density at radius 1 is 1.09 bits per heavy atom. The van der Waals surface area contributed by atoms with Crippen molar-refractivity contribution in [3.63, 3.8) is 0 Å². The Bertz CT molecular complexity index is 534. The third kappa shape index (κ3) is 5.28. The zero-order chi connectivity index (χ0) is 16.7. The standard InChI is InChI=1S/C14H20N4O3S/c1-3-22-10-6-4-9(5-7-10)8(2)17-14(21)18-11(12(15)19)13(16)20/h4-8,11H,3H2,1-2H3,(H2,15,19)(H2,16,20)(H2,17,18,21)/t8-/m1/s1. The number of nitrogens with two attached hydrogens (primary N) is 2. The van der Waals surface area contributed by atoms with E-state index in [1.165, 1.54) is 0 Å². The van der Waals surface area contributed by atoms with Crippen molar-refractivity contribution < 1.29 is 14.4 Å². The molecule has 1 rings (SSSR count). The molecule has 0 spiro atoms. The molecule has 0 saturated carbocycles. The Morgan fingerprint density at radius 3 is 2.09 bits per heavy atom. The van der Waals surface area contributed by atoms with Gasteiger partial charge in [0.25, 0.3) is 0 Å². The second-order valence-corrected chi connectivity index (χ2v) is 5.92. The topological polar surface area (TPSA) is 127 Å². The fourth-order valence-electron chi connectivity index (χ4n) is 1.75. The van der Waals surface area contributed by atoms with E-state index in [0.29, 0.717) is 0 Å². The van der Waals surface area contributed by atoms with Crippen LogP contribution in [0.5, 0.6) is 0 Å².